The molecule has 3 N–H and O–H groups in total. The van der Waals surface area contributed by atoms with Crippen molar-refractivity contribution in [2.24, 2.45) is 5.84 Å². The summed E-state index contributed by atoms with van der Waals surface area (Å²) < 4.78 is 0. The molecule has 0 radical (unpaired) electrons. The largest absolute Gasteiger partial charge is 0.271 e. The molecule has 0 saturated carbocycles. The molecule has 2 rings (SSSR count). The zero-order valence-electron chi connectivity index (χ0n) is 10.4. The molecule has 0 aliphatic heterocycles. The number of aryl methyl sites for hydroxylation is 2. The Bertz CT molecular complexity index is 554. The van der Waals surface area contributed by atoms with Gasteiger partial charge in [0.15, 0.2) is 0 Å². The standard InChI is InChI=1S/C14H16ClN3/c1-9-3-4-11(15)7-12(9)14(18-16)13-8-17-6-5-10(13)2/h3-8,14,18H,16H2,1-2H3. The van der Waals surface area contributed by atoms with Crippen LogP contribution in [0.1, 0.15) is 28.3 Å². The molecule has 1 aromatic heterocycles. The van der Waals surface area contributed by atoms with E-state index in [9.17, 15) is 0 Å². The van der Waals surface area contributed by atoms with Gasteiger partial charge in [-0.2, -0.15) is 0 Å². The predicted octanol–water partition coefficient (Wildman–Crippen LogP) is 2.90. The van der Waals surface area contributed by atoms with Crippen LogP contribution in [0.25, 0.3) is 0 Å². The highest BCUT2D eigenvalue weighted by Crippen LogP contribution is 2.28. The first kappa shape index (κ1) is 13.0. The zero-order chi connectivity index (χ0) is 13.1. The lowest BCUT2D eigenvalue weighted by Gasteiger charge is -2.20. The quantitative estimate of drug-likeness (QED) is 0.660. The van der Waals surface area contributed by atoms with Crippen LogP contribution >= 0.6 is 11.6 Å². The van der Waals surface area contributed by atoms with Crippen molar-refractivity contribution in [2.75, 3.05) is 0 Å². The summed E-state index contributed by atoms with van der Waals surface area (Å²) in [5.41, 5.74) is 7.27. The molecule has 2 aromatic rings. The smallest absolute Gasteiger partial charge is 0.0730 e. The fourth-order valence-electron chi connectivity index (χ4n) is 2.05. The molecule has 3 nitrogen and oxygen atoms in total. The van der Waals surface area contributed by atoms with Gasteiger partial charge < -0.3 is 0 Å². The van der Waals surface area contributed by atoms with Gasteiger partial charge >= 0.3 is 0 Å². The second-order valence-electron chi connectivity index (χ2n) is 4.33. The van der Waals surface area contributed by atoms with E-state index in [0.29, 0.717) is 5.02 Å². The van der Waals surface area contributed by atoms with Crippen LogP contribution < -0.4 is 11.3 Å². The predicted molar refractivity (Wildman–Crippen MR) is 74.3 cm³/mol. The zero-order valence-corrected chi connectivity index (χ0v) is 11.2. The molecule has 0 amide bonds. The Balaban J connectivity index is 2.52. The fraction of sp³-hybridized carbons (Fsp3) is 0.214. The van der Waals surface area contributed by atoms with Crippen molar-refractivity contribution in [3.63, 3.8) is 0 Å². The van der Waals surface area contributed by atoms with Gasteiger partial charge in [-0.1, -0.05) is 17.7 Å². The van der Waals surface area contributed by atoms with Crippen LogP contribution in [-0.4, -0.2) is 4.98 Å². The number of nitrogens with zero attached hydrogens (tertiary/aromatic N) is 1. The maximum Gasteiger partial charge on any atom is 0.0730 e. The number of benzene rings is 1. The molecule has 1 unspecified atom stereocenters. The van der Waals surface area contributed by atoms with Crippen LogP contribution in [0.2, 0.25) is 5.02 Å². The molecule has 1 atom stereocenters. The van der Waals surface area contributed by atoms with E-state index in [4.69, 9.17) is 17.4 Å². The summed E-state index contributed by atoms with van der Waals surface area (Å²) in [6, 6.07) is 7.68. The average molecular weight is 262 g/mol. The maximum absolute atomic E-state index is 6.06. The maximum atomic E-state index is 6.06. The number of hydrogen-bond acceptors (Lipinski definition) is 3. The molecule has 18 heavy (non-hydrogen) atoms. The lowest BCUT2D eigenvalue weighted by Crippen LogP contribution is -2.30. The summed E-state index contributed by atoms with van der Waals surface area (Å²) in [6.07, 6.45) is 3.61. The van der Waals surface area contributed by atoms with Crippen molar-refractivity contribution < 1.29 is 0 Å². The lowest BCUT2D eigenvalue weighted by molar-refractivity contribution is 0.628. The average Bonchev–Trinajstić information content (AvgIpc) is 2.36. The van der Waals surface area contributed by atoms with Gasteiger partial charge in [-0.25, -0.2) is 5.43 Å². The number of hydrazine groups is 1. The summed E-state index contributed by atoms with van der Waals surface area (Å²) in [5, 5.41) is 0.706. The topological polar surface area (TPSA) is 50.9 Å². The molecular formula is C14H16ClN3. The van der Waals surface area contributed by atoms with E-state index in [-0.39, 0.29) is 6.04 Å². The minimum atomic E-state index is -0.0996. The Morgan fingerprint density at radius 2 is 1.89 bits per heavy atom. The normalized spacial score (nSPS) is 12.4. The van der Waals surface area contributed by atoms with Gasteiger partial charge in [-0.3, -0.25) is 10.8 Å². The molecule has 0 fully saturated rings. The number of aromatic nitrogens is 1. The van der Waals surface area contributed by atoms with E-state index in [1.54, 1.807) is 6.20 Å². The van der Waals surface area contributed by atoms with Crippen LogP contribution in [0.3, 0.4) is 0 Å². The molecule has 0 aliphatic rings. The summed E-state index contributed by atoms with van der Waals surface area (Å²) in [4.78, 5) is 4.16. The van der Waals surface area contributed by atoms with Crippen molar-refractivity contribution in [1.29, 1.82) is 0 Å². The van der Waals surface area contributed by atoms with Gasteiger partial charge in [0.1, 0.15) is 0 Å². The summed E-state index contributed by atoms with van der Waals surface area (Å²) in [5.74, 6) is 5.70. The van der Waals surface area contributed by atoms with Crippen molar-refractivity contribution in [1.82, 2.24) is 10.4 Å². The molecular weight excluding hydrogens is 246 g/mol. The Kier molecular flexibility index (Phi) is 3.97. The SMILES string of the molecule is Cc1ccncc1C(NN)c1cc(Cl)ccc1C. The van der Waals surface area contributed by atoms with Crippen molar-refractivity contribution in [3.8, 4) is 0 Å². The number of rotatable bonds is 3. The second kappa shape index (κ2) is 5.48. The van der Waals surface area contributed by atoms with E-state index < -0.39 is 0 Å². The molecule has 1 aromatic carbocycles. The van der Waals surface area contributed by atoms with Gasteiger partial charge in [0.25, 0.3) is 0 Å². The van der Waals surface area contributed by atoms with E-state index in [1.807, 2.05) is 44.3 Å². The summed E-state index contributed by atoms with van der Waals surface area (Å²) >= 11 is 6.06. The first-order valence-corrected chi connectivity index (χ1v) is 6.14. The summed E-state index contributed by atoms with van der Waals surface area (Å²) in [7, 11) is 0. The van der Waals surface area contributed by atoms with Crippen LogP contribution in [0.5, 0.6) is 0 Å². The highest BCUT2D eigenvalue weighted by Gasteiger charge is 2.17. The molecule has 0 aliphatic carbocycles. The first-order chi connectivity index (χ1) is 8.63. The molecule has 0 saturated heterocycles. The van der Waals surface area contributed by atoms with Crippen LogP contribution in [0.4, 0.5) is 0 Å². The number of halogens is 1. The van der Waals surface area contributed by atoms with Crippen molar-refractivity contribution >= 4 is 11.6 Å². The monoisotopic (exact) mass is 261 g/mol. The van der Waals surface area contributed by atoms with Crippen LogP contribution in [0, 0.1) is 13.8 Å². The highest BCUT2D eigenvalue weighted by atomic mass is 35.5. The Hall–Kier alpha value is -1.42. The van der Waals surface area contributed by atoms with E-state index >= 15 is 0 Å². The van der Waals surface area contributed by atoms with Gasteiger partial charge in [0.2, 0.25) is 0 Å². The van der Waals surface area contributed by atoms with Crippen molar-refractivity contribution in [3.05, 3.63) is 63.9 Å². The Morgan fingerprint density at radius 1 is 1.17 bits per heavy atom. The molecule has 4 heteroatoms. The fourth-order valence-corrected chi connectivity index (χ4v) is 2.23. The van der Waals surface area contributed by atoms with Crippen molar-refractivity contribution in [2.45, 2.75) is 19.9 Å². The Morgan fingerprint density at radius 3 is 2.56 bits per heavy atom. The minimum absolute atomic E-state index is 0.0996. The number of hydrogen-bond donors (Lipinski definition) is 2. The van der Waals surface area contributed by atoms with Gasteiger partial charge in [-0.05, 0) is 54.3 Å². The third-order valence-electron chi connectivity index (χ3n) is 3.11. The lowest BCUT2D eigenvalue weighted by atomic mass is 9.94. The number of pyridine rings is 1. The van der Waals surface area contributed by atoms with E-state index in [2.05, 4.69) is 10.4 Å². The second-order valence-corrected chi connectivity index (χ2v) is 4.77. The molecule has 1 heterocycles. The minimum Gasteiger partial charge on any atom is -0.271 e. The first-order valence-electron chi connectivity index (χ1n) is 5.76. The van der Waals surface area contributed by atoms with Gasteiger partial charge in [-0.15, -0.1) is 0 Å². The highest BCUT2D eigenvalue weighted by molar-refractivity contribution is 6.30. The Labute approximate surface area is 112 Å². The van der Waals surface area contributed by atoms with Gasteiger partial charge in [0.05, 0.1) is 6.04 Å². The van der Waals surface area contributed by atoms with Crippen LogP contribution in [-0.2, 0) is 0 Å². The summed E-state index contributed by atoms with van der Waals surface area (Å²) in [6.45, 7) is 4.09. The van der Waals surface area contributed by atoms with Crippen LogP contribution in [0.15, 0.2) is 36.7 Å². The third kappa shape index (κ3) is 2.53. The van der Waals surface area contributed by atoms with Gasteiger partial charge in [0, 0.05) is 17.4 Å². The molecule has 0 spiro atoms. The number of nitrogens with two attached hydrogens (primary N) is 1. The van der Waals surface area contributed by atoms with E-state index in [1.165, 1.54) is 0 Å². The third-order valence-corrected chi connectivity index (χ3v) is 3.34. The molecule has 94 valence electrons. The van der Waals surface area contributed by atoms with E-state index in [0.717, 1.165) is 22.3 Å². The number of nitrogens with one attached hydrogen (secondary N) is 1. The molecule has 0 bridgehead atoms.